The van der Waals surface area contributed by atoms with Gasteiger partial charge in [0.15, 0.2) is 5.78 Å². The number of hydrogen-bond donors (Lipinski definition) is 0. The van der Waals surface area contributed by atoms with E-state index in [1.54, 1.807) is 17.0 Å². The number of ether oxygens (including phenoxy) is 1. The number of aromatic nitrogens is 2. The van der Waals surface area contributed by atoms with Crippen LogP contribution in [0.15, 0.2) is 53.1 Å². The van der Waals surface area contributed by atoms with Gasteiger partial charge in [-0.25, -0.2) is 0 Å². The molecule has 1 aromatic carbocycles. The molecule has 3 aromatic rings. The van der Waals surface area contributed by atoms with Crippen LogP contribution in [0.5, 0.6) is 5.75 Å². The lowest BCUT2D eigenvalue weighted by Gasteiger charge is -2.04. The molecule has 0 saturated heterocycles. The monoisotopic (exact) mass is 350 g/mol. The number of carbonyl (C=O) groups excluding carboxylic acids is 1. The summed E-state index contributed by atoms with van der Waals surface area (Å²) in [5.74, 6) is 2.02. The molecule has 0 atom stereocenters. The van der Waals surface area contributed by atoms with Gasteiger partial charge in [0.2, 0.25) is 0 Å². The molecule has 5 heteroatoms. The van der Waals surface area contributed by atoms with Crippen molar-refractivity contribution in [1.29, 1.82) is 0 Å². The van der Waals surface area contributed by atoms with Crippen molar-refractivity contribution >= 4 is 11.9 Å². The molecule has 0 unspecified atom stereocenters. The Bertz CT molecular complexity index is 917. The quantitative estimate of drug-likeness (QED) is 0.469. The van der Waals surface area contributed by atoms with Crippen LogP contribution in [0.3, 0.4) is 0 Å². The van der Waals surface area contributed by atoms with Crippen LogP contribution in [0.2, 0.25) is 0 Å². The van der Waals surface area contributed by atoms with E-state index >= 15 is 0 Å². The first-order valence-corrected chi connectivity index (χ1v) is 8.58. The summed E-state index contributed by atoms with van der Waals surface area (Å²) in [6.07, 6.45) is 5.74. The van der Waals surface area contributed by atoms with Crippen LogP contribution < -0.4 is 4.74 Å². The summed E-state index contributed by atoms with van der Waals surface area (Å²) in [4.78, 5) is 12.2. The topological polar surface area (TPSA) is 57.3 Å². The van der Waals surface area contributed by atoms with E-state index in [2.05, 4.69) is 24.2 Å². The third kappa shape index (κ3) is 4.11. The van der Waals surface area contributed by atoms with E-state index < -0.39 is 0 Å². The summed E-state index contributed by atoms with van der Waals surface area (Å²) in [7, 11) is 1.81. The summed E-state index contributed by atoms with van der Waals surface area (Å²) in [5.41, 5.74) is 2.70. The Morgan fingerprint density at radius 1 is 1.23 bits per heavy atom. The fourth-order valence-corrected chi connectivity index (χ4v) is 2.53. The number of aryl methyl sites for hydroxylation is 2. The summed E-state index contributed by atoms with van der Waals surface area (Å²) < 4.78 is 13.1. The van der Waals surface area contributed by atoms with Gasteiger partial charge in [-0.15, -0.1) is 0 Å². The zero-order chi connectivity index (χ0) is 18.5. The molecule has 5 nitrogen and oxygen atoms in total. The molecule has 0 amide bonds. The molecule has 0 radical (unpaired) electrons. The van der Waals surface area contributed by atoms with Crippen molar-refractivity contribution in [2.75, 3.05) is 0 Å². The Balaban J connectivity index is 1.58. The second-order valence-corrected chi connectivity index (χ2v) is 6.06. The highest BCUT2D eigenvalue weighted by Crippen LogP contribution is 2.17. The molecular formula is C21H22N2O3. The van der Waals surface area contributed by atoms with E-state index in [-0.39, 0.29) is 5.78 Å². The fourth-order valence-electron chi connectivity index (χ4n) is 2.53. The Labute approximate surface area is 152 Å². The number of hydrogen-bond acceptors (Lipinski definition) is 4. The van der Waals surface area contributed by atoms with E-state index in [0.717, 1.165) is 17.9 Å². The second kappa shape index (κ2) is 7.87. The molecule has 2 heterocycles. The van der Waals surface area contributed by atoms with Crippen molar-refractivity contribution in [1.82, 2.24) is 9.78 Å². The van der Waals surface area contributed by atoms with E-state index in [1.165, 1.54) is 11.6 Å². The minimum atomic E-state index is -0.0965. The highest BCUT2D eigenvalue weighted by molar-refractivity contribution is 6.07. The van der Waals surface area contributed by atoms with Crippen molar-refractivity contribution in [3.05, 3.63) is 77.0 Å². The Morgan fingerprint density at radius 3 is 2.65 bits per heavy atom. The van der Waals surface area contributed by atoms with Crippen LogP contribution in [0.1, 0.15) is 40.1 Å². The largest absolute Gasteiger partial charge is 0.486 e. The number of benzene rings is 1. The maximum absolute atomic E-state index is 12.2. The Hall–Kier alpha value is -3.08. The number of carbonyl (C=O) groups is 1. The third-order valence-electron chi connectivity index (χ3n) is 4.29. The average molecular weight is 350 g/mol. The van der Waals surface area contributed by atoms with Crippen LogP contribution in [-0.2, 0) is 20.1 Å². The van der Waals surface area contributed by atoms with Crippen molar-refractivity contribution in [2.24, 2.45) is 7.05 Å². The van der Waals surface area contributed by atoms with Crippen molar-refractivity contribution in [2.45, 2.75) is 26.9 Å². The second-order valence-electron chi connectivity index (χ2n) is 6.06. The molecule has 3 rings (SSSR count). The number of rotatable bonds is 7. The third-order valence-corrected chi connectivity index (χ3v) is 4.29. The SMILES string of the molecule is CCc1ccc(OCc2ccc(/C=C/C(=O)c3cnn(C)c3C)o2)cc1. The first-order chi connectivity index (χ1) is 12.6. The van der Waals surface area contributed by atoms with Gasteiger partial charge >= 0.3 is 0 Å². The van der Waals surface area contributed by atoms with Gasteiger partial charge in [-0.2, -0.15) is 5.10 Å². The molecule has 0 N–H and O–H groups in total. The molecule has 0 saturated carbocycles. The van der Waals surface area contributed by atoms with E-state index in [4.69, 9.17) is 9.15 Å². The molecule has 0 bridgehead atoms. The maximum atomic E-state index is 12.2. The number of ketones is 1. The Kier molecular flexibility index (Phi) is 5.37. The fraction of sp³-hybridized carbons (Fsp3) is 0.238. The van der Waals surface area contributed by atoms with Crippen molar-refractivity contribution in [3.8, 4) is 5.75 Å². The molecule has 134 valence electrons. The van der Waals surface area contributed by atoms with Gasteiger partial charge < -0.3 is 9.15 Å². The zero-order valence-corrected chi connectivity index (χ0v) is 15.2. The number of furan rings is 1. The lowest BCUT2D eigenvalue weighted by Crippen LogP contribution is -1.98. The molecule has 0 aliphatic carbocycles. The molecule has 2 aromatic heterocycles. The molecule has 0 aliphatic rings. The highest BCUT2D eigenvalue weighted by Gasteiger charge is 2.10. The Morgan fingerprint density at radius 2 is 2.00 bits per heavy atom. The lowest BCUT2D eigenvalue weighted by molar-refractivity contribution is 0.104. The molecule has 0 aliphatic heterocycles. The smallest absolute Gasteiger partial charge is 0.189 e. The first-order valence-electron chi connectivity index (χ1n) is 8.58. The van der Waals surface area contributed by atoms with Crippen LogP contribution in [0.4, 0.5) is 0 Å². The lowest BCUT2D eigenvalue weighted by atomic mass is 10.1. The number of allylic oxidation sites excluding steroid dienone is 1. The number of nitrogens with zero attached hydrogens (tertiary/aromatic N) is 2. The molecule has 0 spiro atoms. The summed E-state index contributed by atoms with van der Waals surface area (Å²) >= 11 is 0. The standard InChI is InChI=1S/C21H22N2O3/c1-4-16-5-7-17(8-6-16)25-14-19-10-9-18(26-19)11-12-21(24)20-13-22-23(3)15(20)2/h5-13H,4,14H2,1-3H3/b12-11+. The highest BCUT2D eigenvalue weighted by atomic mass is 16.5. The summed E-state index contributed by atoms with van der Waals surface area (Å²) in [6, 6.07) is 11.7. The average Bonchev–Trinajstić information content (AvgIpc) is 3.25. The molecule has 26 heavy (non-hydrogen) atoms. The zero-order valence-electron chi connectivity index (χ0n) is 15.2. The van der Waals surface area contributed by atoms with Crippen LogP contribution in [0.25, 0.3) is 6.08 Å². The van der Waals surface area contributed by atoms with E-state index in [9.17, 15) is 4.79 Å². The summed E-state index contributed by atoms with van der Waals surface area (Å²) in [6.45, 7) is 4.33. The van der Waals surface area contributed by atoms with Gasteiger partial charge in [0.25, 0.3) is 0 Å². The van der Waals surface area contributed by atoms with Gasteiger partial charge in [-0.05, 0) is 55.3 Å². The predicted octanol–water partition coefficient (Wildman–Crippen LogP) is 4.36. The van der Waals surface area contributed by atoms with Gasteiger partial charge in [-0.1, -0.05) is 19.1 Å². The first kappa shape index (κ1) is 17.7. The van der Waals surface area contributed by atoms with Crippen LogP contribution in [0, 0.1) is 6.92 Å². The van der Waals surface area contributed by atoms with Crippen LogP contribution >= 0.6 is 0 Å². The van der Waals surface area contributed by atoms with Gasteiger partial charge in [-0.3, -0.25) is 9.48 Å². The van der Waals surface area contributed by atoms with Crippen molar-refractivity contribution < 1.29 is 13.9 Å². The van der Waals surface area contributed by atoms with Crippen LogP contribution in [-0.4, -0.2) is 15.6 Å². The minimum Gasteiger partial charge on any atom is -0.486 e. The minimum absolute atomic E-state index is 0.0965. The maximum Gasteiger partial charge on any atom is 0.189 e. The van der Waals surface area contributed by atoms with Gasteiger partial charge in [0.1, 0.15) is 23.9 Å². The van der Waals surface area contributed by atoms with Gasteiger partial charge in [0.05, 0.1) is 11.8 Å². The normalized spacial score (nSPS) is 11.2. The van der Waals surface area contributed by atoms with E-state index in [1.807, 2.05) is 38.2 Å². The molecular weight excluding hydrogens is 328 g/mol. The molecule has 0 fully saturated rings. The predicted molar refractivity (Wildman–Crippen MR) is 100 cm³/mol. The van der Waals surface area contributed by atoms with E-state index in [0.29, 0.717) is 23.7 Å². The van der Waals surface area contributed by atoms with Gasteiger partial charge in [0, 0.05) is 12.7 Å². The summed E-state index contributed by atoms with van der Waals surface area (Å²) in [5, 5.41) is 4.08. The van der Waals surface area contributed by atoms with Crippen molar-refractivity contribution in [3.63, 3.8) is 0 Å².